The van der Waals surface area contributed by atoms with Gasteiger partial charge in [0.25, 0.3) is 0 Å². The molecule has 0 aliphatic carbocycles. The number of nitrogens with zero attached hydrogens (tertiary/aromatic N) is 7. The number of hydrogen-bond donors (Lipinski definition) is 0. The van der Waals surface area contributed by atoms with E-state index in [-0.39, 0.29) is 44.9 Å². The third-order valence-electron chi connectivity index (χ3n) is 7.02. The Morgan fingerprint density at radius 2 is 1.91 bits per heavy atom. The molecule has 3 aromatic rings. The molecule has 2 aromatic heterocycles. The van der Waals surface area contributed by atoms with Crippen LogP contribution in [-0.2, 0) is 9.53 Å². The number of aromatic nitrogens is 3. The summed E-state index contributed by atoms with van der Waals surface area (Å²) in [7, 11) is 1.62. The van der Waals surface area contributed by atoms with Gasteiger partial charge < -0.3 is 14.5 Å². The third-order valence-corrected chi connectivity index (χ3v) is 7.58. The van der Waals surface area contributed by atoms with Crippen molar-refractivity contribution in [3.8, 4) is 11.3 Å². The molecule has 44 heavy (non-hydrogen) atoms. The van der Waals surface area contributed by atoms with Gasteiger partial charge in [-0.25, -0.2) is 24.1 Å². The minimum Gasteiger partial charge on any atom is -0.444 e. The van der Waals surface area contributed by atoms with Crippen molar-refractivity contribution >= 4 is 53.0 Å². The number of aliphatic imine (C=N–C) groups is 1. The summed E-state index contributed by atoms with van der Waals surface area (Å²) in [4.78, 5) is 48.5. The fourth-order valence-corrected chi connectivity index (χ4v) is 5.55. The molecule has 1 aliphatic heterocycles. The summed E-state index contributed by atoms with van der Waals surface area (Å²) in [6.07, 6.45) is 1.50. The van der Waals surface area contributed by atoms with E-state index in [1.807, 2.05) is 46.4 Å². The molecule has 2 amide bonds. The zero-order valence-electron chi connectivity index (χ0n) is 25.8. The van der Waals surface area contributed by atoms with E-state index >= 15 is 4.39 Å². The average molecular weight is 645 g/mol. The van der Waals surface area contributed by atoms with Gasteiger partial charge in [0.05, 0.1) is 22.0 Å². The molecule has 1 atom stereocenters. The molecule has 1 aromatic carbocycles. The van der Waals surface area contributed by atoms with Crippen molar-refractivity contribution in [2.75, 3.05) is 31.6 Å². The van der Waals surface area contributed by atoms with Crippen LogP contribution in [0.15, 0.2) is 41.7 Å². The summed E-state index contributed by atoms with van der Waals surface area (Å²) in [5, 5.41) is 0.195. The first-order valence-corrected chi connectivity index (χ1v) is 14.9. The average Bonchev–Trinajstić information content (AvgIpc) is 2.95. The standard InChI is InChI=1S/C31H36Cl2FN7O3/c1-18(2)24-26(27(33)37-16-36-24)41(17-42)29-21(14-22(32)25(38-29)20-10-8-9-11-23(20)34)28(35-7)40-13-12-39(15-19(40)3)30(43)44-31(4,5)6/h8-11,14,16-19H,12-13,15H2,1-7H3. The Balaban J connectivity index is 1.87. The van der Waals surface area contributed by atoms with Gasteiger partial charge in [0.2, 0.25) is 6.41 Å². The highest BCUT2D eigenvalue weighted by Gasteiger charge is 2.34. The molecule has 1 unspecified atom stereocenters. The minimum absolute atomic E-state index is 0.0419. The molecule has 10 nitrogen and oxygen atoms in total. The van der Waals surface area contributed by atoms with Crippen LogP contribution in [0.1, 0.15) is 58.7 Å². The van der Waals surface area contributed by atoms with Gasteiger partial charge in [0, 0.05) is 38.3 Å². The Kier molecular flexibility index (Phi) is 10.1. The van der Waals surface area contributed by atoms with Gasteiger partial charge in [-0.15, -0.1) is 0 Å². The first-order valence-electron chi connectivity index (χ1n) is 14.2. The van der Waals surface area contributed by atoms with E-state index in [1.165, 1.54) is 17.3 Å². The number of halogens is 3. The number of carbonyl (C=O) groups is 2. The van der Waals surface area contributed by atoms with Crippen LogP contribution in [0.3, 0.4) is 0 Å². The van der Waals surface area contributed by atoms with Gasteiger partial charge in [-0.3, -0.25) is 14.7 Å². The van der Waals surface area contributed by atoms with E-state index in [4.69, 9.17) is 32.9 Å². The second kappa shape index (κ2) is 13.4. The Morgan fingerprint density at radius 1 is 1.20 bits per heavy atom. The normalized spacial score (nSPS) is 15.9. The lowest BCUT2D eigenvalue weighted by Gasteiger charge is -2.42. The van der Waals surface area contributed by atoms with E-state index in [1.54, 1.807) is 36.2 Å². The summed E-state index contributed by atoms with van der Waals surface area (Å²) < 4.78 is 20.6. The van der Waals surface area contributed by atoms with Gasteiger partial charge in [0.1, 0.15) is 29.3 Å². The topological polar surface area (TPSA) is 104 Å². The van der Waals surface area contributed by atoms with Crippen molar-refractivity contribution in [1.29, 1.82) is 0 Å². The van der Waals surface area contributed by atoms with Crippen molar-refractivity contribution in [2.24, 2.45) is 4.99 Å². The van der Waals surface area contributed by atoms with Gasteiger partial charge >= 0.3 is 6.09 Å². The summed E-state index contributed by atoms with van der Waals surface area (Å²) in [5.41, 5.74) is 0.824. The van der Waals surface area contributed by atoms with E-state index in [0.29, 0.717) is 43.1 Å². The Bertz CT molecular complexity index is 1580. The lowest BCUT2D eigenvalue weighted by atomic mass is 10.0. The molecule has 13 heteroatoms. The molecule has 4 rings (SSSR count). The Hall–Kier alpha value is -3.83. The number of amides is 2. The number of amidine groups is 1. The summed E-state index contributed by atoms with van der Waals surface area (Å²) in [6, 6.07) is 7.52. The lowest BCUT2D eigenvalue weighted by molar-refractivity contribution is -0.106. The van der Waals surface area contributed by atoms with Crippen LogP contribution >= 0.6 is 23.2 Å². The first-order chi connectivity index (χ1) is 20.8. The predicted octanol–water partition coefficient (Wildman–Crippen LogP) is 6.72. The SMILES string of the molecule is CN=C(c1cc(Cl)c(-c2ccccc2F)nc1N(C=O)c1c(Cl)ncnc1C(C)C)N1CCN(C(=O)OC(C)(C)C)CC1C. The second-order valence-corrected chi connectivity index (χ2v) is 12.5. The molecule has 3 heterocycles. The number of rotatable bonds is 6. The molecule has 0 spiro atoms. The maximum absolute atomic E-state index is 15.0. The molecule has 234 valence electrons. The van der Waals surface area contributed by atoms with Crippen LogP contribution in [0.2, 0.25) is 10.2 Å². The number of ether oxygens (including phenoxy) is 1. The number of anilines is 2. The number of pyridine rings is 1. The van der Waals surface area contributed by atoms with Gasteiger partial charge in [-0.05, 0) is 51.8 Å². The van der Waals surface area contributed by atoms with Crippen LogP contribution in [0.4, 0.5) is 20.7 Å². The monoisotopic (exact) mass is 643 g/mol. The van der Waals surface area contributed by atoms with Crippen LogP contribution in [-0.4, -0.2) is 81.4 Å². The first kappa shape index (κ1) is 33.1. The predicted molar refractivity (Wildman–Crippen MR) is 170 cm³/mol. The molecule has 1 saturated heterocycles. The van der Waals surface area contributed by atoms with Crippen LogP contribution < -0.4 is 4.90 Å². The number of piperazine rings is 1. The molecular formula is C31H36Cl2FN7O3. The number of benzene rings is 1. The third kappa shape index (κ3) is 6.94. The maximum Gasteiger partial charge on any atom is 0.410 e. The van der Waals surface area contributed by atoms with Gasteiger partial charge in [0.15, 0.2) is 11.0 Å². The molecule has 1 aliphatic rings. The highest BCUT2D eigenvalue weighted by atomic mass is 35.5. The van der Waals surface area contributed by atoms with Crippen molar-refractivity contribution in [3.63, 3.8) is 0 Å². The second-order valence-electron chi connectivity index (χ2n) is 11.7. The zero-order valence-corrected chi connectivity index (χ0v) is 27.3. The lowest BCUT2D eigenvalue weighted by Crippen LogP contribution is -2.56. The van der Waals surface area contributed by atoms with E-state index in [0.717, 1.165) is 0 Å². The smallest absolute Gasteiger partial charge is 0.410 e. The van der Waals surface area contributed by atoms with Crippen molar-refractivity contribution in [1.82, 2.24) is 24.8 Å². The summed E-state index contributed by atoms with van der Waals surface area (Å²) in [6.45, 7) is 12.4. The zero-order chi connectivity index (χ0) is 32.3. The van der Waals surface area contributed by atoms with Crippen LogP contribution in [0.5, 0.6) is 0 Å². The largest absolute Gasteiger partial charge is 0.444 e. The van der Waals surface area contributed by atoms with Gasteiger partial charge in [-0.1, -0.05) is 49.2 Å². The van der Waals surface area contributed by atoms with Crippen molar-refractivity contribution in [2.45, 2.75) is 59.1 Å². The molecule has 0 bridgehead atoms. The van der Waals surface area contributed by atoms with Crippen LogP contribution in [0, 0.1) is 5.82 Å². The number of hydrogen-bond acceptors (Lipinski definition) is 7. The van der Waals surface area contributed by atoms with Gasteiger partial charge in [-0.2, -0.15) is 0 Å². The fourth-order valence-electron chi connectivity index (χ4n) is 5.06. The molecule has 0 N–H and O–H groups in total. The Labute approximate surface area is 266 Å². The van der Waals surface area contributed by atoms with E-state index in [2.05, 4.69) is 15.0 Å². The molecule has 0 saturated carbocycles. The molecular weight excluding hydrogens is 608 g/mol. The summed E-state index contributed by atoms with van der Waals surface area (Å²) in [5.74, 6) is -0.0751. The van der Waals surface area contributed by atoms with E-state index < -0.39 is 17.5 Å². The van der Waals surface area contributed by atoms with Crippen molar-refractivity contribution < 1.29 is 18.7 Å². The van der Waals surface area contributed by atoms with E-state index in [9.17, 15) is 9.59 Å². The molecule has 1 fully saturated rings. The minimum atomic E-state index is -0.625. The number of carbonyl (C=O) groups excluding carboxylic acids is 2. The highest BCUT2D eigenvalue weighted by Crippen LogP contribution is 2.40. The maximum atomic E-state index is 15.0. The van der Waals surface area contributed by atoms with Crippen LogP contribution in [0.25, 0.3) is 11.3 Å². The Morgan fingerprint density at radius 3 is 2.50 bits per heavy atom. The molecule has 0 radical (unpaired) electrons. The van der Waals surface area contributed by atoms with Crippen molar-refractivity contribution in [3.05, 3.63) is 63.9 Å². The summed E-state index contributed by atoms with van der Waals surface area (Å²) >= 11 is 13.4. The fraction of sp³-hybridized carbons (Fsp3) is 0.419. The highest BCUT2D eigenvalue weighted by molar-refractivity contribution is 6.34. The quantitative estimate of drug-likeness (QED) is 0.127.